The summed E-state index contributed by atoms with van der Waals surface area (Å²) in [6.45, 7) is 2.93. The van der Waals surface area contributed by atoms with Gasteiger partial charge in [-0.1, -0.05) is 6.92 Å². The number of benzene rings is 1. The van der Waals surface area contributed by atoms with Gasteiger partial charge in [-0.05, 0) is 49.7 Å². The molecule has 0 fully saturated rings. The molecule has 1 rings (SSSR count). The summed E-state index contributed by atoms with van der Waals surface area (Å²) in [5.74, 6) is 0. The van der Waals surface area contributed by atoms with Crippen molar-refractivity contribution in [3.63, 3.8) is 0 Å². The second-order valence-corrected chi connectivity index (χ2v) is 4.41. The van der Waals surface area contributed by atoms with E-state index in [0.29, 0.717) is 13.1 Å². The van der Waals surface area contributed by atoms with Gasteiger partial charge in [0.1, 0.15) is 0 Å². The Bertz CT molecular complexity index is 403. The maximum absolute atomic E-state index is 12.6. The quantitative estimate of drug-likeness (QED) is 0.632. The van der Waals surface area contributed by atoms with Crippen LogP contribution < -0.4 is 5.32 Å². The fraction of sp³-hybridized carbons (Fsp3) is 0.538. The Kier molecular flexibility index (Phi) is 5.44. The number of halogens is 6. The summed E-state index contributed by atoms with van der Waals surface area (Å²) in [5, 5.41) is 2.94. The van der Waals surface area contributed by atoms with Gasteiger partial charge in [-0.2, -0.15) is 26.3 Å². The molecule has 0 spiro atoms. The molecule has 0 saturated carbocycles. The van der Waals surface area contributed by atoms with Crippen molar-refractivity contribution >= 4 is 0 Å². The Morgan fingerprint density at radius 2 is 1.35 bits per heavy atom. The van der Waals surface area contributed by atoms with E-state index in [1.54, 1.807) is 0 Å². The molecule has 114 valence electrons. The largest absolute Gasteiger partial charge is 0.416 e. The minimum atomic E-state index is -4.78. The molecule has 1 aromatic carbocycles. The topological polar surface area (TPSA) is 12.0 Å². The van der Waals surface area contributed by atoms with E-state index in [4.69, 9.17) is 0 Å². The van der Waals surface area contributed by atoms with Crippen molar-refractivity contribution < 1.29 is 26.3 Å². The average molecular weight is 299 g/mol. The predicted octanol–water partition coefficient (Wildman–Crippen LogP) is 4.27. The molecule has 0 aliphatic carbocycles. The molecule has 0 saturated heterocycles. The lowest BCUT2D eigenvalue weighted by atomic mass is 10.0. The summed E-state index contributed by atoms with van der Waals surface area (Å²) in [4.78, 5) is 0. The Morgan fingerprint density at radius 3 is 1.75 bits per heavy atom. The number of rotatable bonds is 5. The van der Waals surface area contributed by atoms with Crippen LogP contribution in [0.25, 0.3) is 0 Å². The zero-order valence-electron chi connectivity index (χ0n) is 10.8. The smallest absolute Gasteiger partial charge is 0.316 e. The van der Waals surface area contributed by atoms with E-state index in [-0.39, 0.29) is 18.1 Å². The average Bonchev–Trinajstić information content (AvgIpc) is 2.32. The first-order valence-corrected chi connectivity index (χ1v) is 6.13. The van der Waals surface area contributed by atoms with E-state index in [0.717, 1.165) is 18.6 Å². The van der Waals surface area contributed by atoms with Crippen molar-refractivity contribution in [1.82, 2.24) is 5.32 Å². The molecule has 0 bridgehead atoms. The van der Waals surface area contributed by atoms with Crippen molar-refractivity contribution in [2.45, 2.75) is 32.1 Å². The highest BCUT2D eigenvalue weighted by Crippen LogP contribution is 2.36. The van der Waals surface area contributed by atoms with Gasteiger partial charge in [0.2, 0.25) is 0 Å². The Balaban J connectivity index is 2.99. The number of alkyl halides is 6. The first-order chi connectivity index (χ1) is 9.14. The van der Waals surface area contributed by atoms with Crippen molar-refractivity contribution in [3.05, 3.63) is 34.9 Å². The van der Waals surface area contributed by atoms with Gasteiger partial charge in [-0.25, -0.2) is 0 Å². The maximum atomic E-state index is 12.6. The minimum Gasteiger partial charge on any atom is -0.316 e. The van der Waals surface area contributed by atoms with E-state index in [2.05, 4.69) is 5.32 Å². The highest BCUT2D eigenvalue weighted by molar-refractivity contribution is 5.33. The first-order valence-electron chi connectivity index (χ1n) is 6.13. The Morgan fingerprint density at radius 1 is 0.850 bits per heavy atom. The SMILES string of the molecule is CCCNCCc1cc(C(F)(F)F)cc(C(F)(F)F)c1. The Hall–Kier alpha value is -1.24. The van der Waals surface area contributed by atoms with Crippen LogP contribution in [0.3, 0.4) is 0 Å². The molecule has 0 aliphatic rings. The number of hydrogen-bond donors (Lipinski definition) is 1. The molecule has 1 nitrogen and oxygen atoms in total. The van der Waals surface area contributed by atoms with Gasteiger partial charge < -0.3 is 5.32 Å². The molecule has 7 heteroatoms. The van der Waals surface area contributed by atoms with E-state index in [9.17, 15) is 26.3 Å². The first kappa shape index (κ1) is 16.8. The van der Waals surface area contributed by atoms with Crippen LogP contribution in [-0.2, 0) is 18.8 Å². The highest BCUT2D eigenvalue weighted by Gasteiger charge is 2.36. The molecule has 1 aromatic rings. The molecule has 0 amide bonds. The lowest BCUT2D eigenvalue weighted by molar-refractivity contribution is -0.143. The normalized spacial score (nSPS) is 12.8. The van der Waals surface area contributed by atoms with E-state index < -0.39 is 23.5 Å². The zero-order valence-corrected chi connectivity index (χ0v) is 10.8. The molecule has 0 radical (unpaired) electrons. The molecule has 1 N–H and O–H groups in total. The zero-order chi connectivity index (χ0) is 15.4. The number of hydrogen-bond acceptors (Lipinski definition) is 1. The van der Waals surface area contributed by atoms with Crippen LogP contribution in [-0.4, -0.2) is 13.1 Å². The lowest BCUT2D eigenvalue weighted by Gasteiger charge is -2.14. The summed E-state index contributed by atoms with van der Waals surface area (Å²) in [5.41, 5.74) is -2.51. The molecule has 20 heavy (non-hydrogen) atoms. The predicted molar refractivity (Wildman–Crippen MR) is 63.3 cm³/mol. The molecular formula is C13H15F6N. The van der Waals surface area contributed by atoms with Crippen LogP contribution in [0.5, 0.6) is 0 Å². The number of nitrogens with one attached hydrogen (secondary N) is 1. The van der Waals surface area contributed by atoms with Crippen molar-refractivity contribution in [3.8, 4) is 0 Å². The van der Waals surface area contributed by atoms with E-state index in [1.807, 2.05) is 6.92 Å². The fourth-order valence-electron chi connectivity index (χ4n) is 1.70. The van der Waals surface area contributed by atoms with Crippen LogP contribution in [0, 0.1) is 0 Å². The van der Waals surface area contributed by atoms with E-state index >= 15 is 0 Å². The summed E-state index contributed by atoms with van der Waals surface area (Å²) < 4.78 is 75.6. The van der Waals surface area contributed by atoms with Crippen molar-refractivity contribution in [2.75, 3.05) is 13.1 Å². The Labute approximate surface area is 113 Å². The summed E-state index contributed by atoms with van der Waals surface area (Å²) in [7, 11) is 0. The molecule has 0 unspecified atom stereocenters. The molecule has 0 heterocycles. The van der Waals surface area contributed by atoms with Crippen LogP contribution in [0.1, 0.15) is 30.0 Å². The van der Waals surface area contributed by atoms with Crippen LogP contribution in [0.4, 0.5) is 26.3 Å². The van der Waals surface area contributed by atoms with Gasteiger partial charge in [-0.15, -0.1) is 0 Å². The van der Waals surface area contributed by atoms with Gasteiger partial charge in [0, 0.05) is 0 Å². The molecule has 0 aromatic heterocycles. The third kappa shape index (κ3) is 5.03. The third-order valence-corrected chi connectivity index (χ3v) is 2.66. The second-order valence-electron chi connectivity index (χ2n) is 4.41. The third-order valence-electron chi connectivity index (χ3n) is 2.66. The monoisotopic (exact) mass is 299 g/mol. The minimum absolute atomic E-state index is 0.0238. The van der Waals surface area contributed by atoms with Crippen LogP contribution in [0.15, 0.2) is 18.2 Å². The summed E-state index contributed by atoms with van der Waals surface area (Å²) in [6.07, 6.45) is -8.61. The molecular weight excluding hydrogens is 284 g/mol. The van der Waals surface area contributed by atoms with Crippen LogP contribution in [0.2, 0.25) is 0 Å². The van der Waals surface area contributed by atoms with Gasteiger partial charge in [0.05, 0.1) is 11.1 Å². The van der Waals surface area contributed by atoms with Gasteiger partial charge in [0.25, 0.3) is 0 Å². The van der Waals surface area contributed by atoms with Crippen molar-refractivity contribution in [2.24, 2.45) is 0 Å². The highest BCUT2D eigenvalue weighted by atomic mass is 19.4. The van der Waals surface area contributed by atoms with Gasteiger partial charge in [-0.3, -0.25) is 0 Å². The summed E-state index contributed by atoms with van der Waals surface area (Å²) in [6, 6.07) is 1.68. The second kappa shape index (κ2) is 6.47. The standard InChI is InChI=1S/C13H15F6N/c1-2-4-20-5-3-9-6-10(12(14,15)16)8-11(7-9)13(17,18)19/h6-8,20H,2-5H2,1H3. The summed E-state index contributed by atoms with van der Waals surface area (Å²) >= 11 is 0. The maximum Gasteiger partial charge on any atom is 0.416 e. The van der Waals surface area contributed by atoms with Gasteiger partial charge in [0.15, 0.2) is 0 Å². The van der Waals surface area contributed by atoms with E-state index in [1.165, 1.54) is 0 Å². The van der Waals surface area contributed by atoms with Crippen molar-refractivity contribution in [1.29, 1.82) is 0 Å². The fourth-order valence-corrected chi connectivity index (χ4v) is 1.70. The lowest BCUT2D eigenvalue weighted by Crippen LogP contribution is -2.19. The van der Waals surface area contributed by atoms with Crippen LogP contribution >= 0.6 is 0 Å². The molecule has 0 atom stereocenters. The van der Waals surface area contributed by atoms with Gasteiger partial charge >= 0.3 is 12.4 Å². The molecule has 0 aliphatic heterocycles.